The van der Waals surface area contributed by atoms with Crippen LogP contribution in [0.5, 0.6) is 0 Å². The lowest BCUT2D eigenvalue weighted by Gasteiger charge is -2.28. The average Bonchev–Trinajstić information content (AvgIpc) is 2.88. The minimum atomic E-state index is -1.15. The van der Waals surface area contributed by atoms with Crippen molar-refractivity contribution in [2.75, 3.05) is 0 Å². The maximum Gasteiger partial charge on any atom is 0.329 e. The summed E-state index contributed by atoms with van der Waals surface area (Å²) < 4.78 is 0. The summed E-state index contributed by atoms with van der Waals surface area (Å²) >= 11 is 1.62. The normalized spacial score (nSPS) is 14.7. The lowest BCUT2D eigenvalue weighted by molar-refractivity contribution is -0.144. The highest BCUT2D eigenvalue weighted by molar-refractivity contribution is 7.10. The smallest absolute Gasteiger partial charge is 0.329 e. The number of thiophene rings is 1. The Balaban J connectivity index is 2.23. The van der Waals surface area contributed by atoms with Crippen LogP contribution in [-0.2, 0) is 17.6 Å². The minimum absolute atomic E-state index is 0.240. The molecule has 0 fully saturated rings. The molecule has 0 saturated carbocycles. The van der Waals surface area contributed by atoms with Crippen molar-refractivity contribution in [3.63, 3.8) is 0 Å². The highest BCUT2D eigenvalue weighted by atomic mass is 32.1. The maximum atomic E-state index is 12.4. The standard InChI is InChI=1S/C15H21NO3S/c1-3-15(4-2,14(18)19)16-13(17)11-9-20-12-8-6-5-7-10(11)12/h9H,3-8H2,1-2H3,(H,16,17)(H,18,19). The lowest BCUT2D eigenvalue weighted by Crippen LogP contribution is -2.53. The molecule has 110 valence electrons. The molecule has 1 aromatic rings. The van der Waals surface area contributed by atoms with E-state index < -0.39 is 11.5 Å². The van der Waals surface area contributed by atoms with Crippen LogP contribution in [0.4, 0.5) is 0 Å². The molecule has 0 aliphatic heterocycles. The molecule has 5 heteroatoms. The summed E-state index contributed by atoms with van der Waals surface area (Å²) in [5.74, 6) is -1.20. The van der Waals surface area contributed by atoms with E-state index in [-0.39, 0.29) is 5.91 Å². The highest BCUT2D eigenvalue weighted by Gasteiger charge is 2.37. The van der Waals surface area contributed by atoms with Crippen molar-refractivity contribution in [3.05, 3.63) is 21.4 Å². The SMILES string of the molecule is CCC(CC)(NC(=O)c1csc2c1CCCC2)C(=O)O. The molecular formula is C15H21NO3S. The van der Waals surface area contributed by atoms with Crippen LogP contribution in [0.15, 0.2) is 5.38 Å². The fourth-order valence-electron chi connectivity index (χ4n) is 2.75. The molecule has 1 aliphatic carbocycles. The average molecular weight is 295 g/mol. The number of rotatable bonds is 5. The Morgan fingerprint density at radius 3 is 2.55 bits per heavy atom. The fraction of sp³-hybridized carbons (Fsp3) is 0.600. The Kier molecular flexibility index (Phi) is 4.48. The number of hydrogen-bond acceptors (Lipinski definition) is 3. The molecule has 0 atom stereocenters. The summed E-state index contributed by atoms with van der Waals surface area (Å²) in [6.07, 6.45) is 5.03. The van der Waals surface area contributed by atoms with Crippen LogP contribution in [-0.4, -0.2) is 22.5 Å². The molecule has 4 nitrogen and oxygen atoms in total. The Hall–Kier alpha value is -1.36. The third-order valence-corrected chi connectivity index (χ3v) is 5.36. The van der Waals surface area contributed by atoms with Crippen LogP contribution in [0.2, 0.25) is 0 Å². The fourth-order valence-corrected chi connectivity index (χ4v) is 3.88. The highest BCUT2D eigenvalue weighted by Crippen LogP contribution is 2.30. The van der Waals surface area contributed by atoms with E-state index in [1.807, 2.05) is 5.38 Å². The second-order valence-corrected chi connectivity index (χ2v) is 6.27. The molecule has 0 radical (unpaired) electrons. The van der Waals surface area contributed by atoms with Gasteiger partial charge in [-0.2, -0.15) is 0 Å². The van der Waals surface area contributed by atoms with Crippen molar-refractivity contribution in [1.29, 1.82) is 0 Å². The molecule has 0 saturated heterocycles. The van der Waals surface area contributed by atoms with E-state index in [2.05, 4.69) is 5.32 Å². The largest absolute Gasteiger partial charge is 0.480 e. The molecule has 20 heavy (non-hydrogen) atoms. The molecule has 0 bridgehead atoms. The lowest BCUT2D eigenvalue weighted by atomic mass is 9.91. The van der Waals surface area contributed by atoms with Gasteiger partial charge in [0.25, 0.3) is 5.91 Å². The topological polar surface area (TPSA) is 66.4 Å². The van der Waals surface area contributed by atoms with Crippen LogP contribution in [0.3, 0.4) is 0 Å². The van der Waals surface area contributed by atoms with E-state index in [4.69, 9.17) is 0 Å². The van der Waals surface area contributed by atoms with E-state index in [1.54, 1.807) is 25.2 Å². The molecule has 0 spiro atoms. The number of nitrogens with one attached hydrogen (secondary N) is 1. The first kappa shape index (κ1) is 15.0. The van der Waals surface area contributed by atoms with Crippen molar-refractivity contribution in [2.24, 2.45) is 0 Å². The Labute approximate surface area is 123 Å². The van der Waals surface area contributed by atoms with Crippen LogP contribution >= 0.6 is 11.3 Å². The molecule has 0 unspecified atom stereocenters. The zero-order valence-electron chi connectivity index (χ0n) is 12.0. The second-order valence-electron chi connectivity index (χ2n) is 5.31. The summed E-state index contributed by atoms with van der Waals surface area (Å²) in [6, 6.07) is 0. The number of hydrogen-bond donors (Lipinski definition) is 2. The molecule has 1 heterocycles. The number of carbonyl (C=O) groups excluding carboxylic acids is 1. The monoisotopic (exact) mass is 295 g/mol. The third kappa shape index (κ3) is 2.59. The van der Waals surface area contributed by atoms with Crippen LogP contribution in [0.1, 0.15) is 60.3 Å². The van der Waals surface area contributed by atoms with Gasteiger partial charge >= 0.3 is 5.97 Å². The van der Waals surface area contributed by atoms with Crippen molar-refractivity contribution in [2.45, 2.75) is 57.9 Å². The van der Waals surface area contributed by atoms with Crippen LogP contribution in [0.25, 0.3) is 0 Å². The van der Waals surface area contributed by atoms with Gasteiger partial charge in [0, 0.05) is 10.3 Å². The van der Waals surface area contributed by atoms with E-state index >= 15 is 0 Å². The molecule has 1 aliphatic rings. The first-order valence-electron chi connectivity index (χ1n) is 7.19. The summed E-state index contributed by atoms with van der Waals surface area (Å²) in [5, 5.41) is 14.0. The number of carbonyl (C=O) groups is 2. The molecule has 2 N–H and O–H groups in total. The van der Waals surface area contributed by atoms with Gasteiger partial charge in [0.2, 0.25) is 0 Å². The maximum absolute atomic E-state index is 12.4. The van der Waals surface area contributed by atoms with Gasteiger partial charge in [-0.3, -0.25) is 4.79 Å². The Morgan fingerprint density at radius 2 is 1.95 bits per heavy atom. The number of fused-ring (bicyclic) bond motifs is 1. The third-order valence-electron chi connectivity index (χ3n) is 4.28. The van der Waals surface area contributed by atoms with E-state index in [0.717, 1.165) is 24.8 Å². The minimum Gasteiger partial charge on any atom is -0.480 e. The van der Waals surface area contributed by atoms with Crippen molar-refractivity contribution < 1.29 is 14.7 Å². The van der Waals surface area contributed by atoms with Gasteiger partial charge in [0.05, 0.1) is 5.56 Å². The number of aliphatic carboxylic acids is 1. The number of aryl methyl sites for hydroxylation is 1. The number of amides is 1. The molecule has 1 amide bonds. The van der Waals surface area contributed by atoms with Crippen molar-refractivity contribution >= 4 is 23.2 Å². The van der Waals surface area contributed by atoms with Crippen LogP contribution in [0, 0.1) is 0 Å². The number of carboxylic acids is 1. The van der Waals surface area contributed by atoms with Gasteiger partial charge in [-0.1, -0.05) is 13.8 Å². The first-order chi connectivity index (χ1) is 9.54. The van der Waals surface area contributed by atoms with Crippen molar-refractivity contribution in [1.82, 2.24) is 5.32 Å². The number of carboxylic acid groups (broad SMARTS) is 1. The first-order valence-corrected chi connectivity index (χ1v) is 8.07. The quantitative estimate of drug-likeness (QED) is 0.877. The molecular weight excluding hydrogens is 274 g/mol. The Bertz CT molecular complexity index is 517. The predicted octanol–water partition coefficient (Wildman–Crippen LogP) is 3.00. The van der Waals surface area contributed by atoms with Gasteiger partial charge in [-0.15, -0.1) is 11.3 Å². The molecule has 0 aromatic carbocycles. The zero-order chi connectivity index (χ0) is 14.8. The van der Waals surface area contributed by atoms with Gasteiger partial charge < -0.3 is 10.4 Å². The summed E-state index contributed by atoms with van der Waals surface area (Å²) in [4.78, 5) is 25.2. The summed E-state index contributed by atoms with van der Waals surface area (Å²) in [5.41, 5.74) is 0.656. The summed E-state index contributed by atoms with van der Waals surface area (Å²) in [7, 11) is 0. The van der Waals surface area contributed by atoms with E-state index in [0.29, 0.717) is 18.4 Å². The van der Waals surface area contributed by atoms with Gasteiger partial charge in [-0.25, -0.2) is 4.79 Å². The van der Waals surface area contributed by atoms with Gasteiger partial charge in [0.1, 0.15) is 5.54 Å². The van der Waals surface area contributed by atoms with Gasteiger partial charge in [0.15, 0.2) is 0 Å². The molecule has 1 aromatic heterocycles. The summed E-state index contributed by atoms with van der Waals surface area (Å²) in [6.45, 7) is 3.59. The molecule has 2 rings (SSSR count). The van der Waals surface area contributed by atoms with Gasteiger partial charge in [-0.05, 0) is 44.1 Å². The van der Waals surface area contributed by atoms with E-state index in [9.17, 15) is 14.7 Å². The Morgan fingerprint density at radius 1 is 1.30 bits per heavy atom. The van der Waals surface area contributed by atoms with Crippen LogP contribution < -0.4 is 5.32 Å². The van der Waals surface area contributed by atoms with Crippen molar-refractivity contribution in [3.8, 4) is 0 Å². The van der Waals surface area contributed by atoms with E-state index in [1.165, 1.54) is 11.3 Å². The second kappa shape index (κ2) is 5.95. The zero-order valence-corrected chi connectivity index (χ0v) is 12.8. The predicted molar refractivity (Wildman–Crippen MR) is 79.4 cm³/mol.